The highest BCUT2D eigenvalue weighted by molar-refractivity contribution is 5.77. The number of anilines is 2. The Bertz CT molecular complexity index is 1250. The second-order valence-electron chi connectivity index (χ2n) is 8.51. The molecule has 2 N–H and O–H groups in total. The molecule has 0 saturated carbocycles. The van der Waals surface area contributed by atoms with Gasteiger partial charge >= 0.3 is 6.09 Å². The van der Waals surface area contributed by atoms with Crippen molar-refractivity contribution in [1.29, 1.82) is 0 Å². The molecule has 3 aromatic heterocycles. The molecule has 0 aliphatic rings. The van der Waals surface area contributed by atoms with E-state index in [-0.39, 0.29) is 5.69 Å². The first-order chi connectivity index (χ1) is 16.2. The molecule has 178 valence electrons. The lowest BCUT2D eigenvalue weighted by atomic mass is 10.2. The molecule has 0 saturated heterocycles. The third-order valence-corrected chi connectivity index (χ3v) is 4.42. The van der Waals surface area contributed by atoms with Crippen molar-refractivity contribution in [2.45, 2.75) is 46.6 Å². The molecule has 8 nitrogen and oxygen atoms in total. The number of hydrogen-bond donors (Lipinski definition) is 2. The first-order valence-corrected chi connectivity index (χ1v) is 10.9. The number of nitrogens with one attached hydrogen (secondary N) is 2. The van der Waals surface area contributed by atoms with Gasteiger partial charge in [-0.15, -0.1) is 5.10 Å². The van der Waals surface area contributed by atoms with E-state index in [1.807, 2.05) is 31.2 Å². The van der Waals surface area contributed by atoms with Crippen molar-refractivity contribution >= 4 is 28.7 Å². The Morgan fingerprint density at radius 1 is 1.29 bits per heavy atom. The molecular formula is C25H29FN6O2. The Balaban J connectivity index is 1.86. The van der Waals surface area contributed by atoms with E-state index in [2.05, 4.69) is 25.7 Å². The average Bonchev–Trinajstić information content (AvgIpc) is 3.22. The third-order valence-electron chi connectivity index (χ3n) is 4.42. The van der Waals surface area contributed by atoms with E-state index in [1.165, 1.54) is 6.20 Å². The van der Waals surface area contributed by atoms with E-state index >= 15 is 0 Å². The number of ether oxygens (including phenoxy) is 1. The molecule has 0 aliphatic heterocycles. The molecule has 0 atom stereocenters. The molecule has 3 rings (SSSR count). The number of halogens is 1. The molecule has 0 spiro atoms. The Morgan fingerprint density at radius 3 is 2.79 bits per heavy atom. The van der Waals surface area contributed by atoms with Crippen LogP contribution in [-0.2, 0) is 4.74 Å². The van der Waals surface area contributed by atoms with Crippen LogP contribution in [0.25, 0.3) is 11.1 Å². The summed E-state index contributed by atoms with van der Waals surface area (Å²) in [6, 6.07) is 5.23. The van der Waals surface area contributed by atoms with Crippen molar-refractivity contribution in [3.63, 3.8) is 0 Å². The Hall–Kier alpha value is -4.01. The molecule has 3 heterocycles. The molecule has 34 heavy (non-hydrogen) atoms. The van der Waals surface area contributed by atoms with E-state index in [9.17, 15) is 9.18 Å². The van der Waals surface area contributed by atoms with Crippen LogP contribution in [0.2, 0.25) is 0 Å². The maximum Gasteiger partial charge on any atom is 0.411 e. The van der Waals surface area contributed by atoms with Gasteiger partial charge in [-0.3, -0.25) is 10.3 Å². The minimum atomic E-state index is -0.573. The number of hydrogen-bond acceptors (Lipinski definition) is 6. The summed E-state index contributed by atoms with van der Waals surface area (Å²) in [4.78, 5) is 20.4. The Labute approximate surface area is 198 Å². The predicted octanol–water partition coefficient (Wildman–Crippen LogP) is 5.79. The summed E-state index contributed by atoms with van der Waals surface area (Å²) in [5, 5.41) is 10.3. The largest absolute Gasteiger partial charge is 0.444 e. The van der Waals surface area contributed by atoms with E-state index in [0.717, 1.165) is 18.2 Å². The van der Waals surface area contributed by atoms with Crippen molar-refractivity contribution in [2.75, 3.05) is 5.32 Å². The van der Waals surface area contributed by atoms with E-state index in [0.29, 0.717) is 22.9 Å². The summed E-state index contributed by atoms with van der Waals surface area (Å²) in [6.45, 7) is 9.20. The highest BCUT2D eigenvalue weighted by Gasteiger charge is 2.16. The molecule has 9 heteroatoms. The minimum absolute atomic E-state index is 0.270. The van der Waals surface area contributed by atoms with Crippen molar-refractivity contribution in [3.05, 3.63) is 78.4 Å². The van der Waals surface area contributed by atoms with Gasteiger partial charge in [0, 0.05) is 23.7 Å². The second kappa shape index (κ2) is 10.7. The smallest absolute Gasteiger partial charge is 0.411 e. The highest BCUT2D eigenvalue weighted by Crippen LogP contribution is 2.24. The molecular weight excluding hydrogens is 435 g/mol. The van der Waals surface area contributed by atoms with Gasteiger partial charge in [-0.05, 0) is 58.4 Å². The van der Waals surface area contributed by atoms with Gasteiger partial charge in [-0.1, -0.05) is 25.2 Å². The molecule has 0 unspecified atom stereocenters. The number of allylic oxidation sites excluding steroid dienone is 6. The van der Waals surface area contributed by atoms with Gasteiger partial charge in [-0.2, -0.15) is 0 Å². The average molecular weight is 465 g/mol. The van der Waals surface area contributed by atoms with Crippen molar-refractivity contribution < 1.29 is 13.9 Å². The number of carbonyl (C=O) groups is 1. The number of nitrogens with zero attached hydrogens (tertiary/aromatic N) is 4. The zero-order chi connectivity index (χ0) is 24.7. The number of alkyl carbamates (subject to hydrolysis) is 1. The Kier molecular flexibility index (Phi) is 7.78. The van der Waals surface area contributed by atoms with Crippen LogP contribution in [0.1, 0.15) is 46.9 Å². The summed E-state index contributed by atoms with van der Waals surface area (Å²) >= 11 is 0. The zero-order valence-electron chi connectivity index (χ0n) is 20.0. The summed E-state index contributed by atoms with van der Waals surface area (Å²) in [5.74, 6) is 0.452. The van der Waals surface area contributed by atoms with Crippen LogP contribution >= 0.6 is 0 Å². The fourth-order valence-corrected chi connectivity index (χ4v) is 3.01. The van der Waals surface area contributed by atoms with E-state index < -0.39 is 17.5 Å². The standard InChI is InChI=1S/C25H29FN6O2/c1-6-9-18(11-7-10-17(2)28-24(33)34-25(3,4)5)22-30-23(21-12-8-15-32(21)31-22)29-20-13-14-27-16-19(20)26/h7-16H,6H2,1-5H3,(H,28,33)(H,27,29,30,31)/b11-7-,17-10+,18-9-. The summed E-state index contributed by atoms with van der Waals surface area (Å²) in [6.07, 6.45) is 12.1. The summed E-state index contributed by atoms with van der Waals surface area (Å²) in [7, 11) is 0. The van der Waals surface area contributed by atoms with Crippen LogP contribution in [-0.4, -0.2) is 31.3 Å². The van der Waals surface area contributed by atoms with Crippen LogP contribution in [0.5, 0.6) is 0 Å². The number of aromatic nitrogens is 4. The predicted molar refractivity (Wildman–Crippen MR) is 131 cm³/mol. The second-order valence-corrected chi connectivity index (χ2v) is 8.51. The number of rotatable bonds is 7. The molecule has 1 amide bonds. The highest BCUT2D eigenvalue weighted by atomic mass is 19.1. The van der Waals surface area contributed by atoms with Gasteiger partial charge in [-0.25, -0.2) is 18.7 Å². The van der Waals surface area contributed by atoms with Gasteiger partial charge in [0.05, 0.1) is 11.9 Å². The molecule has 0 fully saturated rings. The van der Waals surface area contributed by atoms with Gasteiger partial charge in [0.15, 0.2) is 17.5 Å². The Morgan fingerprint density at radius 2 is 2.09 bits per heavy atom. The molecule has 3 aromatic rings. The van der Waals surface area contributed by atoms with Gasteiger partial charge in [0.1, 0.15) is 11.1 Å². The van der Waals surface area contributed by atoms with Gasteiger partial charge in [0.2, 0.25) is 0 Å². The molecule has 0 aliphatic carbocycles. The molecule has 0 radical (unpaired) electrons. The quantitative estimate of drug-likeness (QED) is 0.430. The van der Waals surface area contributed by atoms with Gasteiger partial charge < -0.3 is 10.1 Å². The normalized spacial score (nSPS) is 12.9. The number of amides is 1. The van der Waals surface area contributed by atoms with E-state index in [4.69, 9.17) is 4.74 Å². The maximum atomic E-state index is 14.2. The van der Waals surface area contributed by atoms with Crippen LogP contribution in [0.3, 0.4) is 0 Å². The van der Waals surface area contributed by atoms with Crippen LogP contribution < -0.4 is 10.6 Å². The first kappa shape index (κ1) is 24.6. The lowest BCUT2D eigenvalue weighted by Crippen LogP contribution is -2.31. The van der Waals surface area contributed by atoms with Crippen LogP contribution in [0, 0.1) is 5.82 Å². The van der Waals surface area contributed by atoms with Gasteiger partial charge in [0.25, 0.3) is 0 Å². The lowest BCUT2D eigenvalue weighted by molar-refractivity contribution is 0.0546. The van der Waals surface area contributed by atoms with Crippen molar-refractivity contribution in [3.8, 4) is 0 Å². The first-order valence-electron chi connectivity index (χ1n) is 10.9. The third kappa shape index (κ3) is 6.74. The summed E-state index contributed by atoms with van der Waals surface area (Å²) in [5.41, 5.74) is 1.80. The fourth-order valence-electron chi connectivity index (χ4n) is 3.01. The SMILES string of the molecule is CC/C=C(/C=C\C=C(/C)NC(=O)OC(C)(C)C)c1nc(Nc2ccncc2F)c2cccn2n1. The number of pyridine rings is 1. The monoisotopic (exact) mass is 464 g/mol. The van der Waals surface area contributed by atoms with Crippen LogP contribution in [0.4, 0.5) is 20.7 Å². The van der Waals surface area contributed by atoms with Crippen molar-refractivity contribution in [2.24, 2.45) is 0 Å². The van der Waals surface area contributed by atoms with E-state index in [1.54, 1.807) is 56.6 Å². The molecule has 0 aromatic carbocycles. The molecule has 0 bridgehead atoms. The van der Waals surface area contributed by atoms with Crippen LogP contribution in [0.15, 0.2) is 66.8 Å². The maximum absolute atomic E-state index is 14.2. The van der Waals surface area contributed by atoms with Crippen molar-refractivity contribution in [1.82, 2.24) is 24.9 Å². The zero-order valence-corrected chi connectivity index (χ0v) is 20.0. The topological polar surface area (TPSA) is 93.4 Å². The summed E-state index contributed by atoms with van der Waals surface area (Å²) < 4.78 is 21.1. The number of carbonyl (C=O) groups excluding carboxylic acids is 1. The number of fused-ring (bicyclic) bond motifs is 1. The lowest BCUT2D eigenvalue weighted by Gasteiger charge is -2.19. The fraction of sp³-hybridized carbons (Fsp3) is 0.280. The minimum Gasteiger partial charge on any atom is -0.444 e.